The smallest absolute Gasteiger partial charge is 0.387 e. The van der Waals surface area contributed by atoms with E-state index in [9.17, 15) is 13.6 Å². The molecule has 0 aliphatic carbocycles. The van der Waals surface area contributed by atoms with Crippen LogP contribution in [0, 0.1) is 0 Å². The highest BCUT2D eigenvalue weighted by Crippen LogP contribution is 2.24. The van der Waals surface area contributed by atoms with E-state index in [1.54, 1.807) is 6.07 Å². The van der Waals surface area contributed by atoms with Crippen LogP contribution in [-0.2, 0) is 9.53 Å². The van der Waals surface area contributed by atoms with Gasteiger partial charge in [-0.05, 0) is 12.1 Å². The molecule has 0 saturated heterocycles. The lowest BCUT2D eigenvalue weighted by molar-refractivity contribution is -0.129. The van der Waals surface area contributed by atoms with E-state index in [-0.39, 0.29) is 22.9 Å². The second-order valence-corrected chi connectivity index (χ2v) is 3.13. The maximum absolute atomic E-state index is 12.2. The van der Waals surface area contributed by atoms with Gasteiger partial charge in [0.05, 0.1) is 5.56 Å². The topological polar surface area (TPSA) is 47.9 Å². The van der Waals surface area contributed by atoms with Crippen molar-refractivity contribution >= 4 is 11.9 Å². The fourth-order valence-electron chi connectivity index (χ4n) is 1.30. The van der Waals surface area contributed by atoms with Crippen LogP contribution in [0.3, 0.4) is 0 Å². The third-order valence-corrected chi connectivity index (χ3v) is 2.00. The Balaban J connectivity index is 2.36. The highest BCUT2D eigenvalue weighted by molar-refractivity contribution is 6.11. The number of hydrogen-bond donors (Lipinski definition) is 0. The molecule has 2 rings (SSSR count). The van der Waals surface area contributed by atoms with Crippen molar-refractivity contribution in [1.82, 2.24) is 0 Å². The zero-order valence-corrected chi connectivity index (χ0v) is 8.52. The molecule has 0 bridgehead atoms. The van der Waals surface area contributed by atoms with E-state index in [4.69, 9.17) is 4.74 Å². The van der Waals surface area contributed by atoms with Gasteiger partial charge in [-0.3, -0.25) is 0 Å². The van der Waals surface area contributed by atoms with Gasteiger partial charge in [-0.25, -0.2) is 9.79 Å². The van der Waals surface area contributed by atoms with Crippen LogP contribution in [0.4, 0.5) is 8.78 Å². The number of alkyl halides is 2. The SMILES string of the molecule is C=C1N=C(c2ccccc2OC(F)F)OC1=O. The summed E-state index contributed by atoms with van der Waals surface area (Å²) in [4.78, 5) is 14.8. The number of halogens is 2. The minimum atomic E-state index is -2.96. The second kappa shape index (κ2) is 4.32. The Morgan fingerprint density at radius 1 is 1.35 bits per heavy atom. The lowest BCUT2D eigenvalue weighted by atomic mass is 10.2. The van der Waals surface area contributed by atoms with Gasteiger partial charge >= 0.3 is 12.6 Å². The zero-order chi connectivity index (χ0) is 12.4. The van der Waals surface area contributed by atoms with E-state index in [1.165, 1.54) is 18.2 Å². The quantitative estimate of drug-likeness (QED) is 0.599. The van der Waals surface area contributed by atoms with Gasteiger partial charge in [-0.2, -0.15) is 8.78 Å². The highest BCUT2D eigenvalue weighted by Gasteiger charge is 2.25. The summed E-state index contributed by atoms with van der Waals surface area (Å²) in [5.74, 6) is -0.896. The summed E-state index contributed by atoms with van der Waals surface area (Å²) in [5.41, 5.74) is 0.103. The van der Waals surface area contributed by atoms with Gasteiger partial charge in [0, 0.05) is 0 Å². The molecule has 0 radical (unpaired) electrons. The van der Waals surface area contributed by atoms with Gasteiger partial charge in [0.15, 0.2) is 0 Å². The molecule has 0 amide bonds. The molecule has 4 nitrogen and oxygen atoms in total. The highest BCUT2D eigenvalue weighted by atomic mass is 19.3. The first-order valence-electron chi connectivity index (χ1n) is 4.62. The summed E-state index contributed by atoms with van der Waals surface area (Å²) in [5, 5.41) is 0. The number of carbonyl (C=O) groups is 1. The van der Waals surface area contributed by atoms with E-state index in [1.807, 2.05) is 0 Å². The molecular weight excluding hydrogens is 232 g/mol. The second-order valence-electron chi connectivity index (χ2n) is 3.13. The molecule has 0 saturated carbocycles. The van der Waals surface area contributed by atoms with E-state index < -0.39 is 12.6 Å². The Morgan fingerprint density at radius 3 is 2.65 bits per heavy atom. The minimum Gasteiger partial charge on any atom is -0.434 e. The van der Waals surface area contributed by atoms with Crippen molar-refractivity contribution in [3.63, 3.8) is 0 Å². The van der Waals surface area contributed by atoms with Crippen LogP contribution in [0.25, 0.3) is 0 Å². The standard InChI is InChI=1S/C11H7F2NO3/c1-6-10(15)17-9(14-6)7-4-2-3-5-8(7)16-11(12)13/h2-5,11H,1H2. The summed E-state index contributed by atoms with van der Waals surface area (Å²) >= 11 is 0. The van der Waals surface area contributed by atoms with Crippen molar-refractivity contribution < 1.29 is 23.0 Å². The fraction of sp³-hybridized carbons (Fsp3) is 0.0909. The van der Waals surface area contributed by atoms with Crippen LogP contribution >= 0.6 is 0 Å². The largest absolute Gasteiger partial charge is 0.434 e. The molecule has 6 heteroatoms. The third kappa shape index (κ3) is 2.30. The number of hydrogen-bond acceptors (Lipinski definition) is 4. The number of ether oxygens (including phenoxy) is 2. The molecular formula is C11H7F2NO3. The molecule has 0 spiro atoms. The van der Waals surface area contributed by atoms with Gasteiger partial charge in [0.25, 0.3) is 0 Å². The van der Waals surface area contributed by atoms with Gasteiger partial charge < -0.3 is 9.47 Å². The molecule has 17 heavy (non-hydrogen) atoms. The summed E-state index contributed by atoms with van der Waals surface area (Å²) in [6, 6.07) is 5.90. The lowest BCUT2D eigenvalue weighted by Gasteiger charge is -2.08. The van der Waals surface area contributed by atoms with E-state index in [2.05, 4.69) is 16.3 Å². The average Bonchev–Trinajstić information content (AvgIpc) is 2.59. The van der Waals surface area contributed by atoms with Crippen LogP contribution in [-0.4, -0.2) is 18.5 Å². The Kier molecular flexibility index (Phi) is 2.86. The molecule has 0 atom stereocenters. The normalized spacial score (nSPS) is 14.9. The molecule has 0 unspecified atom stereocenters. The van der Waals surface area contributed by atoms with E-state index in [0.29, 0.717) is 0 Å². The Hall–Kier alpha value is -2.24. The molecule has 0 aromatic heterocycles. The van der Waals surface area contributed by atoms with Crippen molar-refractivity contribution in [1.29, 1.82) is 0 Å². The van der Waals surface area contributed by atoms with Gasteiger partial charge in [-0.1, -0.05) is 18.7 Å². The third-order valence-electron chi connectivity index (χ3n) is 2.00. The monoisotopic (exact) mass is 239 g/mol. The molecule has 1 aromatic rings. The van der Waals surface area contributed by atoms with Crippen LogP contribution < -0.4 is 4.74 Å². The Bertz CT molecular complexity index is 511. The van der Waals surface area contributed by atoms with Crippen molar-refractivity contribution in [2.75, 3.05) is 0 Å². The lowest BCUT2D eigenvalue weighted by Crippen LogP contribution is -2.10. The minimum absolute atomic E-state index is 0.0770. The molecule has 1 aliphatic rings. The number of benzene rings is 1. The maximum atomic E-state index is 12.2. The molecule has 1 aromatic carbocycles. The number of para-hydroxylation sites is 1. The predicted octanol–water partition coefficient (Wildman–Crippen LogP) is 2.11. The number of esters is 1. The number of aliphatic imine (C=N–C) groups is 1. The molecule has 0 fully saturated rings. The van der Waals surface area contributed by atoms with Crippen molar-refractivity contribution in [2.24, 2.45) is 4.99 Å². The average molecular weight is 239 g/mol. The summed E-state index contributed by atoms with van der Waals surface area (Å²) in [7, 11) is 0. The van der Waals surface area contributed by atoms with Crippen LogP contribution in [0.15, 0.2) is 41.5 Å². The summed E-state index contributed by atoms with van der Waals surface area (Å²) in [6.07, 6.45) is 0. The van der Waals surface area contributed by atoms with E-state index in [0.717, 1.165) is 0 Å². The van der Waals surface area contributed by atoms with Gasteiger partial charge in [0.2, 0.25) is 5.90 Å². The maximum Gasteiger partial charge on any atom is 0.387 e. The van der Waals surface area contributed by atoms with Crippen LogP contribution in [0.2, 0.25) is 0 Å². The summed E-state index contributed by atoms with van der Waals surface area (Å²) < 4.78 is 33.4. The first kappa shape index (κ1) is 11.3. The van der Waals surface area contributed by atoms with Crippen LogP contribution in [0.5, 0.6) is 5.75 Å². The van der Waals surface area contributed by atoms with Crippen molar-refractivity contribution in [2.45, 2.75) is 6.61 Å². The first-order chi connectivity index (χ1) is 8.08. The number of rotatable bonds is 3. The summed E-state index contributed by atoms with van der Waals surface area (Å²) in [6.45, 7) is 0.389. The first-order valence-corrected chi connectivity index (χ1v) is 4.62. The Labute approximate surface area is 95.2 Å². The van der Waals surface area contributed by atoms with Crippen LogP contribution in [0.1, 0.15) is 5.56 Å². The fourth-order valence-corrected chi connectivity index (χ4v) is 1.30. The predicted molar refractivity (Wildman–Crippen MR) is 54.8 cm³/mol. The van der Waals surface area contributed by atoms with Crippen molar-refractivity contribution in [3.05, 3.63) is 42.1 Å². The molecule has 1 aliphatic heterocycles. The molecule has 88 valence electrons. The van der Waals surface area contributed by atoms with E-state index >= 15 is 0 Å². The molecule has 0 N–H and O–H groups in total. The Morgan fingerprint density at radius 2 is 2.06 bits per heavy atom. The molecule has 1 heterocycles. The zero-order valence-electron chi connectivity index (χ0n) is 8.52. The van der Waals surface area contributed by atoms with Gasteiger partial charge in [-0.15, -0.1) is 0 Å². The number of carbonyl (C=O) groups excluding carboxylic acids is 1. The number of cyclic esters (lactones) is 1. The number of nitrogens with zero attached hydrogens (tertiary/aromatic N) is 1. The van der Waals surface area contributed by atoms with Crippen molar-refractivity contribution in [3.8, 4) is 5.75 Å². The van der Waals surface area contributed by atoms with Gasteiger partial charge in [0.1, 0.15) is 11.4 Å².